The van der Waals surface area contributed by atoms with E-state index in [1.54, 1.807) is 0 Å². The van der Waals surface area contributed by atoms with E-state index in [9.17, 15) is 4.79 Å². The summed E-state index contributed by atoms with van der Waals surface area (Å²) < 4.78 is 11.0. The van der Waals surface area contributed by atoms with Gasteiger partial charge in [0, 0.05) is 0 Å². The fraction of sp³-hybridized carbons (Fsp3) is 0.923. The molecule has 16 heavy (non-hydrogen) atoms. The Kier molecular flexibility index (Phi) is 5.47. The number of rotatable bonds is 4. The lowest BCUT2D eigenvalue weighted by atomic mass is 10.1. The summed E-state index contributed by atoms with van der Waals surface area (Å²) in [5.74, 6) is -0.191. The predicted octanol–water partition coefficient (Wildman–Crippen LogP) is 3.31. The van der Waals surface area contributed by atoms with Gasteiger partial charge in [-0.15, -0.1) is 0 Å². The fourth-order valence-corrected chi connectivity index (χ4v) is 1.34. The Bertz CT molecular complexity index is 220. The van der Waals surface area contributed by atoms with Crippen LogP contribution in [0.3, 0.4) is 0 Å². The highest BCUT2D eigenvalue weighted by atomic mass is 16.6. The lowest BCUT2D eigenvalue weighted by Gasteiger charge is -2.27. The molecule has 0 fully saturated rings. The van der Waals surface area contributed by atoms with Gasteiger partial charge in [-0.05, 0) is 48.0 Å². The van der Waals surface area contributed by atoms with Crippen LogP contribution in [0.2, 0.25) is 0 Å². The third-order valence-electron chi connectivity index (χ3n) is 1.79. The van der Waals surface area contributed by atoms with Crippen LogP contribution in [0.25, 0.3) is 0 Å². The molecule has 1 unspecified atom stereocenters. The zero-order valence-electron chi connectivity index (χ0n) is 11.7. The first-order chi connectivity index (χ1) is 7.03. The normalized spacial score (nSPS) is 14.7. The molecule has 0 bridgehead atoms. The number of ether oxygens (including phenoxy) is 2. The molecule has 0 amide bonds. The molecule has 0 rings (SSSR count). The summed E-state index contributed by atoms with van der Waals surface area (Å²) in [5, 5.41) is 0. The van der Waals surface area contributed by atoms with Crippen LogP contribution in [-0.4, -0.2) is 23.3 Å². The van der Waals surface area contributed by atoms with Gasteiger partial charge in [0.1, 0.15) is 5.60 Å². The fourth-order valence-electron chi connectivity index (χ4n) is 1.34. The minimum Gasteiger partial charge on any atom is -0.460 e. The highest BCUT2D eigenvalue weighted by Gasteiger charge is 2.23. The summed E-state index contributed by atoms with van der Waals surface area (Å²) in [4.78, 5) is 11.6. The quantitative estimate of drug-likeness (QED) is 0.695. The Morgan fingerprint density at radius 1 is 1.06 bits per heavy atom. The molecule has 0 radical (unpaired) electrons. The van der Waals surface area contributed by atoms with Crippen LogP contribution >= 0.6 is 0 Å². The molecule has 96 valence electrons. The summed E-state index contributed by atoms with van der Waals surface area (Å²) in [6.07, 6.45) is 1.08. The largest absolute Gasteiger partial charge is 0.460 e. The Hall–Kier alpha value is -0.570. The summed E-state index contributed by atoms with van der Waals surface area (Å²) in [5.41, 5.74) is -0.639. The molecule has 0 N–H and O–H groups in total. The minimum atomic E-state index is -0.420. The Balaban J connectivity index is 4.18. The van der Waals surface area contributed by atoms with Crippen molar-refractivity contribution in [1.82, 2.24) is 0 Å². The van der Waals surface area contributed by atoms with E-state index in [0.717, 1.165) is 6.42 Å². The van der Waals surface area contributed by atoms with Crippen LogP contribution in [0.1, 0.15) is 61.3 Å². The average Bonchev–Trinajstić information content (AvgIpc) is 1.96. The Morgan fingerprint density at radius 2 is 1.56 bits per heavy atom. The highest BCUT2D eigenvalue weighted by molar-refractivity contribution is 5.70. The van der Waals surface area contributed by atoms with Crippen molar-refractivity contribution in [2.75, 3.05) is 0 Å². The second kappa shape index (κ2) is 5.67. The van der Waals surface area contributed by atoms with Crippen LogP contribution in [0.15, 0.2) is 0 Å². The zero-order valence-corrected chi connectivity index (χ0v) is 11.7. The van der Waals surface area contributed by atoms with E-state index in [0.29, 0.717) is 6.42 Å². The summed E-state index contributed by atoms with van der Waals surface area (Å²) in [7, 11) is 0. The first kappa shape index (κ1) is 15.4. The van der Waals surface area contributed by atoms with Gasteiger partial charge in [0.05, 0.1) is 18.1 Å². The van der Waals surface area contributed by atoms with Crippen LogP contribution < -0.4 is 0 Å². The van der Waals surface area contributed by atoms with Crippen molar-refractivity contribution in [2.24, 2.45) is 0 Å². The zero-order chi connectivity index (χ0) is 13.0. The number of carbonyl (C=O) groups is 1. The van der Waals surface area contributed by atoms with Crippen molar-refractivity contribution in [1.29, 1.82) is 0 Å². The van der Waals surface area contributed by atoms with Crippen LogP contribution in [0, 0.1) is 0 Å². The molecule has 0 heterocycles. The molecule has 1 atom stereocenters. The third-order valence-corrected chi connectivity index (χ3v) is 1.79. The monoisotopic (exact) mass is 230 g/mol. The van der Waals surface area contributed by atoms with Gasteiger partial charge in [-0.3, -0.25) is 4.79 Å². The van der Waals surface area contributed by atoms with E-state index < -0.39 is 5.60 Å². The molecule has 0 aliphatic rings. The van der Waals surface area contributed by atoms with Gasteiger partial charge < -0.3 is 9.47 Å². The molecule has 0 saturated carbocycles. The van der Waals surface area contributed by atoms with Gasteiger partial charge in [0.2, 0.25) is 0 Å². The molecule has 0 aromatic rings. The lowest BCUT2D eigenvalue weighted by Crippen LogP contribution is -2.31. The van der Waals surface area contributed by atoms with Crippen molar-refractivity contribution < 1.29 is 14.3 Å². The second-order valence-corrected chi connectivity index (χ2v) is 6.05. The maximum absolute atomic E-state index is 11.6. The number of esters is 1. The summed E-state index contributed by atoms with van der Waals surface area (Å²) >= 11 is 0. The smallest absolute Gasteiger partial charge is 0.308 e. The molecule has 3 heteroatoms. The van der Waals surface area contributed by atoms with Gasteiger partial charge >= 0.3 is 5.97 Å². The molecule has 3 nitrogen and oxygen atoms in total. The van der Waals surface area contributed by atoms with E-state index in [2.05, 4.69) is 0 Å². The van der Waals surface area contributed by atoms with E-state index in [1.807, 2.05) is 48.5 Å². The number of hydrogen-bond donors (Lipinski definition) is 0. The van der Waals surface area contributed by atoms with Crippen molar-refractivity contribution in [2.45, 2.75) is 78.6 Å². The molecule has 0 saturated heterocycles. The molecule has 0 aliphatic heterocycles. The van der Waals surface area contributed by atoms with Gasteiger partial charge in [0.15, 0.2) is 0 Å². The van der Waals surface area contributed by atoms with Crippen LogP contribution in [-0.2, 0) is 14.3 Å². The van der Waals surface area contributed by atoms with Gasteiger partial charge in [-0.1, -0.05) is 6.92 Å². The Labute approximate surface area is 99.5 Å². The summed E-state index contributed by atoms with van der Waals surface area (Å²) in [6, 6.07) is 0. The molecular weight excluding hydrogens is 204 g/mol. The third kappa shape index (κ3) is 8.72. The number of hydrogen-bond acceptors (Lipinski definition) is 3. The summed E-state index contributed by atoms with van der Waals surface area (Å²) in [6.45, 7) is 13.6. The Morgan fingerprint density at radius 3 is 1.88 bits per heavy atom. The average molecular weight is 230 g/mol. The van der Waals surface area contributed by atoms with E-state index in [1.165, 1.54) is 0 Å². The number of carbonyl (C=O) groups excluding carboxylic acids is 1. The molecular formula is C13H26O3. The van der Waals surface area contributed by atoms with Crippen LogP contribution in [0.4, 0.5) is 0 Å². The first-order valence-corrected chi connectivity index (χ1v) is 5.93. The maximum atomic E-state index is 11.6. The molecule has 0 spiro atoms. The van der Waals surface area contributed by atoms with E-state index in [-0.39, 0.29) is 17.7 Å². The minimum absolute atomic E-state index is 0.0603. The SMILES string of the molecule is CCC(CC(=O)OC(C)(C)C)OC(C)(C)C. The van der Waals surface area contributed by atoms with Crippen molar-refractivity contribution in [3.05, 3.63) is 0 Å². The molecule has 0 aromatic heterocycles. The predicted molar refractivity (Wildman–Crippen MR) is 65.4 cm³/mol. The van der Waals surface area contributed by atoms with Gasteiger partial charge in [-0.25, -0.2) is 0 Å². The van der Waals surface area contributed by atoms with Crippen molar-refractivity contribution in [3.8, 4) is 0 Å². The highest BCUT2D eigenvalue weighted by Crippen LogP contribution is 2.17. The van der Waals surface area contributed by atoms with Crippen molar-refractivity contribution >= 4 is 5.97 Å². The van der Waals surface area contributed by atoms with E-state index >= 15 is 0 Å². The van der Waals surface area contributed by atoms with Gasteiger partial charge in [-0.2, -0.15) is 0 Å². The standard InChI is InChI=1S/C13H26O3/c1-8-10(15-12(2,3)4)9-11(14)16-13(5,6)7/h10H,8-9H2,1-7H3. The second-order valence-electron chi connectivity index (χ2n) is 6.05. The molecule has 0 aromatic carbocycles. The first-order valence-electron chi connectivity index (χ1n) is 5.93. The van der Waals surface area contributed by atoms with E-state index in [4.69, 9.17) is 9.47 Å². The van der Waals surface area contributed by atoms with Crippen LogP contribution in [0.5, 0.6) is 0 Å². The van der Waals surface area contributed by atoms with Crippen molar-refractivity contribution in [3.63, 3.8) is 0 Å². The lowest BCUT2D eigenvalue weighted by molar-refractivity contribution is -0.160. The topological polar surface area (TPSA) is 35.5 Å². The van der Waals surface area contributed by atoms with Gasteiger partial charge in [0.25, 0.3) is 0 Å². The maximum Gasteiger partial charge on any atom is 0.308 e. The molecule has 0 aliphatic carbocycles.